The minimum absolute atomic E-state index is 0.200. The van der Waals surface area contributed by atoms with Crippen molar-refractivity contribution in [3.63, 3.8) is 0 Å². The van der Waals surface area contributed by atoms with E-state index in [0.29, 0.717) is 24.2 Å². The molecule has 1 heterocycles. The highest BCUT2D eigenvalue weighted by Crippen LogP contribution is 2.28. The number of carbonyl (C=O) groups is 3. The van der Waals surface area contributed by atoms with Gasteiger partial charge in [0.25, 0.3) is 17.6 Å². The predicted molar refractivity (Wildman–Crippen MR) is 120 cm³/mol. The van der Waals surface area contributed by atoms with Gasteiger partial charge >= 0.3 is 0 Å². The van der Waals surface area contributed by atoms with Crippen LogP contribution < -0.4 is 10.6 Å². The van der Waals surface area contributed by atoms with Gasteiger partial charge < -0.3 is 15.5 Å². The number of nitrogens with zero attached hydrogens (tertiary/aromatic N) is 2. The van der Waals surface area contributed by atoms with Crippen molar-refractivity contribution in [3.8, 4) is 0 Å². The highest BCUT2D eigenvalue weighted by atomic mass is 19.1. The Morgan fingerprint density at radius 1 is 1.09 bits per heavy atom. The van der Waals surface area contributed by atoms with Crippen molar-refractivity contribution in [3.05, 3.63) is 71.3 Å². The van der Waals surface area contributed by atoms with Gasteiger partial charge in [-0.25, -0.2) is 4.39 Å². The molecule has 2 aromatic carbocycles. The zero-order valence-corrected chi connectivity index (χ0v) is 18.6. The van der Waals surface area contributed by atoms with Gasteiger partial charge in [0.1, 0.15) is 0 Å². The number of halogens is 1. The molecule has 2 N–H and O–H groups in total. The van der Waals surface area contributed by atoms with E-state index in [-0.39, 0.29) is 24.9 Å². The fourth-order valence-corrected chi connectivity index (χ4v) is 4.03. The van der Waals surface area contributed by atoms with Crippen LogP contribution in [0.3, 0.4) is 0 Å². The zero-order valence-electron chi connectivity index (χ0n) is 18.6. The van der Waals surface area contributed by atoms with Crippen molar-refractivity contribution >= 4 is 17.7 Å². The number of hydrogen-bond acceptors (Lipinski definition) is 4. The van der Waals surface area contributed by atoms with Gasteiger partial charge in [0.2, 0.25) is 5.91 Å². The van der Waals surface area contributed by atoms with Crippen molar-refractivity contribution in [2.75, 3.05) is 33.7 Å². The number of rotatable bonds is 6. The normalized spacial score (nSPS) is 18.5. The molecular formula is C24H29FN4O3. The van der Waals surface area contributed by atoms with Gasteiger partial charge in [0.15, 0.2) is 0 Å². The summed E-state index contributed by atoms with van der Waals surface area (Å²) in [6.07, 6.45) is -0.255. The summed E-state index contributed by atoms with van der Waals surface area (Å²) in [5, 5.41) is 4.84. The second-order valence-electron chi connectivity index (χ2n) is 8.10. The maximum absolute atomic E-state index is 16.0. The third-order valence-electron chi connectivity index (χ3n) is 5.70. The molecule has 1 aliphatic rings. The first kappa shape index (κ1) is 23.4. The molecule has 8 heteroatoms. The van der Waals surface area contributed by atoms with E-state index >= 15 is 4.39 Å². The van der Waals surface area contributed by atoms with Crippen LogP contribution in [0, 0.1) is 0 Å². The summed E-state index contributed by atoms with van der Waals surface area (Å²) >= 11 is 0. The Hall–Kier alpha value is -3.26. The number of piperazine rings is 1. The van der Waals surface area contributed by atoms with Gasteiger partial charge in [0, 0.05) is 45.6 Å². The molecule has 3 amide bonds. The number of carbonyl (C=O) groups excluding carboxylic acids is 3. The molecule has 7 nitrogen and oxygen atoms in total. The van der Waals surface area contributed by atoms with Gasteiger partial charge in [-0.3, -0.25) is 19.3 Å². The maximum Gasteiger partial charge on any atom is 0.281 e. The zero-order chi connectivity index (χ0) is 23.3. The van der Waals surface area contributed by atoms with Crippen LogP contribution >= 0.6 is 0 Å². The number of amides is 3. The first-order valence-corrected chi connectivity index (χ1v) is 10.6. The van der Waals surface area contributed by atoms with Gasteiger partial charge in [-0.2, -0.15) is 0 Å². The lowest BCUT2D eigenvalue weighted by atomic mass is 9.98. The molecule has 3 rings (SSSR count). The number of hydrogen-bond donors (Lipinski definition) is 2. The minimum atomic E-state index is -2.54. The molecule has 0 saturated carbocycles. The second kappa shape index (κ2) is 9.91. The molecule has 0 radical (unpaired) electrons. The quantitative estimate of drug-likeness (QED) is 0.673. The lowest BCUT2D eigenvalue weighted by molar-refractivity contribution is -0.152. The molecule has 32 heavy (non-hydrogen) atoms. The summed E-state index contributed by atoms with van der Waals surface area (Å²) in [6.45, 7) is 2.30. The number of alkyl halides is 1. The summed E-state index contributed by atoms with van der Waals surface area (Å²) in [5.74, 6) is -4.12. The Bertz CT molecular complexity index is 984. The molecule has 0 bridgehead atoms. The fourth-order valence-electron chi connectivity index (χ4n) is 4.03. The van der Waals surface area contributed by atoms with E-state index in [1.807, 2.05) is 19.2 Å². The average molecular weight is 441 g/mol. The molecule has 2 aromatic rings. The summed E-state index contributed by atoms with van der Waals surface area (Å²) in [4.78, 5) is 40.6. The molecule has 170 valence electrons. The lowest BCUT2D eigenvalue weighted by Gasteiger charge is -2.42. The SMILES string of the molecule is CNC(=O)c1cccc(C2CN(C(=O)C(F)(Cc3ccccc3)NC(C)=O)CCN2C)c1. The Balaban J connectivity index is 1.85. The van der Waals surface area contributed by atoms with E-state index in [2.05, 4.69) is 15.5 Å². The highest BCUT2D eigenvalue weighted by molar-refractivity contribution is 5.94. The summed E-state index contributed by atoms with van der Waals surface area (Å²) in [7, 11) is 3.50. The van der Waals surface area contributed by atoms with Crippen LogP contribution in [0.4, 0.5) is 4.39 Å². The summed E-state index contributed by atoms with van der Waals surface area (Å²) in [5.41, 5.74) is 1.99. The van der Waals surface area contributed by atoms with Crippen molar-refractivity contribution in [2.24, 2.45) is 0 Å². The van der Waals surface area contributed by atoms with Crippen molar-refractivity contribution < 1.29 is 18.8 Å². The van der Waals surface area contributed by atoms with Crippen molar-refractivity contribution in [1.82, 2.24) is 20.4 Å². The molecule has 0 aliphatic carbocycles. The molecular weight excluding hydrogens is 411 g/mol. The van der Waals surface area contributed by atoms with E-state index in [4.69, 9.17) is 0 Å². The first-order chi connectivity index (χ1) is 15.2. The molecule has 1 saturated heterocycles. The van der Waals surface area contributed by atoms with E-state index in [1.165, 1.54) is 11.8 Å². The van der Waals surface area contributed by atoms with Crippen LogP contribution in [0.25, 0.3) is 0 Å². The summed E-state index contributed by atoms with van der Waals surface area (Å²) in [6, 6.07) is 15.8. The number of likely N-dealkylation sites (N-methyl/N-ethyl adjacent to an activating group) is 1. The van der Waals surface area contributed by atoms with Crippen LogP contribution in [0.15, 0.2) is 54.6 Å². The Morgan fingerprint density at radius 3 is 2.47 bits per heavy atom. The molecule has 2 atom stereocenters. The van der Waals surface area contributed by atoms with Crippen LogP contribution in [-0.4, -0.2) is 67.0 Å². The number of nitrogens with one attached hydrogen (secondary N) is 2. The molecule has 0 aromatic heterocycles. The van der Waals surface area contributed by atoms with Crippen molar-refractivity contribution in [2.45, 2.75) is 25.2 Å². The standard InChI is InChI=1S/C24H29FN4O3/c1-17(30)27-24(25,15-18-8-5-4-6-9-18)23(32)29-13-12-28(3)21(16-29)19-10-7-11-20(14-19)22(31)26-2/h4-11,14,21H,12-13,15-16H2,1-3H3,(H,26,31)(H,27,30). The Morgan fingerprint density at radius 2 is 1.81 bits per heavy atom. The van der Waals surface area contributed by atoms with E-state index < -0.39 is 17.6 Å². The van der Waals surface area contributed by atoms with E-state index in [1.54, 1.807) is 49.5 Å². The average Bonchev–Trinajstić information content (AvgIpc) is 2.78. The second-order valence-corrected chi connectivity index (χ2v) is 8.10. The Kier molecular flexibility index (Phi) is 7.25. The van der Waals surface area contributed by atoms with Crippen LogP contribution in [0.2, 0.25) is 0 Å². The lowest BCUT2D eigenvalue weighted by Crippen LogP contribution is -2.61. The van der Waals surface area contributed by atoms with Gasteiger partial charge in [-0.15, -0.1) is 0 Å². The van der Waals surface area contributed by atoms with Crippen molar-refractivity contribution in [1.29, 1.82) is 0 Å². The first-order valence-electron chi connectivity index (χ1n) is 10.6. The largest absolute Gasteiger partial charge is 0.355 e. The highest BCUT2D eigenvalue weighted by Gasteiger charge is 2.44. The number of benzene rings is 2. The molecule has 1 fully saturated rings. The third-order valence-corrected chi connectivity index (χ3v) is 5.70. The van der Waals surface area contributed by atoms with Crippen LogP contribution in [-0.2, 0) is 16.0 Å². The summed E-state index contributed by atoms with van der Waals surface area (Å²) < 4.78 is 16.0. The molecule has 2 unspecified atom stereocenters. The maximum atomic E-state index is 16.0. The van der Waals surface area contributed by atoms with Crippen LogP contribution in [0.1, 0.15) is 34.5 Å². The molecule has 1 aliphatic heterocycles. The molecule has 0 spiro atoms. The topological polar surface area (TPSA) is 81.8 Å². The van der Waals surface area contributed by atoms with Crippen LogP contribution in [0.5, 0.6) is 0 Å². The predicted octanol–water partition coefficient (Wildman–Crippen LogP) is 1.91. The van der Waals surface area contributed by atoms with Gasteiger partial charge in [0.05, 0.1) is 6.04 Å². The minimum Gasteiger partial charge on any atom is -0.355 e. The smallest absolute Gasteiger partial charge is 0.281 e. The monoisotopic (exact) mass is 440 g/mol. The van der Waals surface area contributed by atoms with E-state index in [9.17, 15) is 14.4 Å². The van der Waals surface area contributed by atoms with E-state index in [0.717, 1.165) is 5.56 Å². The van der Waals surface area contributed by atoms with Gasteiger partial charge in [-0.1, -0.05) is 42.5 Å². The third kappa shape index (κ3) is 5.31. The Labute approximate surface area is 187 Å². The fraction of sp³-hybridized carbons (Fsp3) is 0.375. The van der Waals surface area contributed by atoms with Gasteiger partial charge in [-0.05, 0) is 30.3 Å².